The Balaban J connectivity index is 1.82. The lowest BCUT2D eigenvalue weighted by molar-refractivity contribution is 0.126. The molecule has 6 heteroatoms. The molecule has 0 radical (unpaired) electrons. The van der Waals surface area contributed by atoms with E-state index in [9.17, 15) is 5.11 Å². The van der Waals surface area contributed by atoms with Gasteiger partial charge in [0.05, 0.1) is 6.10 Å². The van der Waals surface area contributed by atoms with Crippen molar-refractivity contribution >= 4 is 27.4 Å². The van der Waals surface area contributed by atoms with Crippen LogP contribution in [0.3, 0.4) is 0 Å². The maximum absolute atomic E-state index is 9.51. The van der Waals surface area contributed by atoms with Crippen LogP contribution < -0.4 is 5.32 Å². The molecule has 1 fully saturated rings. The van der Waals surface area contributed by atoms with Gasteiger partial charge < -0.3 is 10.4 Å². The normalized spacial score (nSPS) is 24.3. The van der Waals surface area contributed by atoms with E-state index in [1.807, 2.05) is 18.2 Å². The fourth-order valence-electron chi connectivity index (χ4n) is 2.42. The molecule has 96 valence electrons. The molecule has 3 rings (SSSR count). The van der Waals surface area contributed by atoms with Gasteiger partial charge in [-0.3, -0.25) is 0 Å². The van der Waals surface area contributed by atoms with Gasteiger partial charge in [-0.1, -0.05) is 6.07 Å². The van der Waals surface area contributed by atoms with Crippen molar-refractivity contribution in [2.75, 3.05) is 5.32 Å². The van der Waals surface area contributed by atoms with Crippen LogP contribution in [0.25, 0.3) is 5.65 Å². The molecule has 5 nitrogen and oxygen atoms in total. The zero-order chi connectivity index (χ0) is 12.5. The number of aliphatic hydroxyl groups is 1. The van der Waals surface area contributed by atoms with Gasteiger partial charge >= 0.3 is 0 Å². The van der Waals surface area contributed by atoms with Crippen LogP contribution >= 0.6 is 15.9 Å². The maximum Gasteiger partial charge on any atom is 0.218 e. The van der Waals surface area contributed by atoms with Crippen molar-refractivity contribution in [3.8, 4) is 0 Å². The predicted molar refractivity (Wildman–Crippen MR) is 72.6 cm³/mol. The number of nitrogens with one attached hydrogen (secondary N) is 1. The first kappa shape index (κ1) is 11.9. The van der Waals surface area contributed by atoms with E-state index in [1.165, 1.54) is 0 Å². The Labute approximate surface area is 113 Å². The SMILES string of the molecule is O[C@H]1CC[C@@H](Nc2cccc3nc(Br)nn23)CC1. The summed E-state index contributed by atoms with van der Waals surface area (Å²) in [5.74, 6) is 0.951. The molecule has 0 aromatic carbocycles. The van der Waals surface area contributed by atoms with Gasteiger partial charge in [0.25, 0.3) is 0 Å². The first-order valence-corrected chi connectivity index (χ1v) is 6.97. The molecular formula is C12H15BrN4O. The Morgan fingerprint density at radius 1 is 1.28 bits per heavy atom. The summed E-state index contributed by atoms with van der Waals surface area (Å²) in [5.41, 5.74) is 0.822. The summed E-state index contributed by atoms with van der Waals surface area (Å²) >= 11 is 3.29. The minimum absolute atomic E-state index is 0.126. The molecule has 0 saturated heterocycles. The summed E-state index contributed by atoms with van der Waals surface area (Å²) in [7, 11) is 0. The van der Waals surface area contributed by atoms with E-state index in [0.717, 1.165) is 37.1 Å². The van der Waals surface area contributed by atoms with Gasteiger partial charge in [-0.15, -0.1) is 5.10 Å². The average molecular weight is 311 g/mol. The summed E-state index contributed by atoms with van der Waals surface area (Å²) in [4.78, 5) is 4.27. The second kappa shape index (κ2) is 4.85. The van der Waals surface area contributed by atoms with Crippen LogP contribution in [-0.2, 0) is 0 Å². The Hall–Kier alpha value is -1.14. The third-order valence-corrected chi connectivity index (χ3v) is 3.72. The van der Waals surface area contributed by atoms with Crippen molar-refractivity contribution < 1.29 is 5.11 Å². The van der Waals surface area contributed by atoms with E-state index in [1.54, 1.807) is 4.52 Å². The molecule has 0 unspecified atom stereocenters. The smallest absolute Gasteiger partial charge is 0.218 e. The molecule has 2 N–H and O–H groups in total. The Morgan fingerprint density at radius 2 is 2.06 bits per heavy atom. The number of anilines is 1. The molecule has 0 aliphatic heterocycles. The molecule has 2 heterocycles. The molecule has 1 aliphatic carbocycles. The van der Waals surface area contributed by atoms with Gasteiger partial charge in [0, 0.05) is 6.04 Å². The number of aliphatic hydroxyl groups excluding tert-OH is 1. The molecule has 0 atom stereocenters. The summed E-state index contributed by atoms with van der Waals surface area (Å²) in [6, 6.07) is 6.30. The van der Waals surface area contributed by atoms with E-state index >= 15 is 0 Å². The minimum atomic E-state index is -0.126. The van der Waals surface area contributed by atoms with Crippen molar-refractivity contribution in [2.45, 2.75) is 37.8 Å². The third kappa shape index (κ3) is 2.35. The van der Waals surface area contributed by atoms with Gasteiger partial charge in [0.2, 0.25) is 4.73 Å². The summed E-state index contributed by atoms with van der Waals surface area (Å²) in [6.07, 6.45) is 3.60. The topological polar surface area (TPSA) is 62.5 Å². The molecule has 1 saturated carbocycles. The Bertz CT molecular complexity index is 548. The highest BCUT2D eigenvalue weighted by Crippen LogP contribution is 2.22. The lowest BCUT2D eigenvalue weighted by Crippen LogP contribution is -2.29. The second-order valence-corrected chi connectivity index (χ2v) is 5.42. The van der Waals surface area contributed by atoms with Crippen LogP contribution in [0.5, 0.6) is 0 Å². The molecule has 0 amide bonds. The lowest BCUT2D eigenvalue weighted by Gasteiger charge is -2.26. The summed E-state index contributed by atoms with van der Waals surface area (Å²) in [6.45, 7) is 0. The lowest BCUT2D eigenvalue weighted by atomic mass is 9.93. The molecule has 2 aromatic rings. The van der Waals surface area contributed by atoms with Crippen LogP contribution in [0.4, 0.5) is 5.82 Å². The number of hydrogen-bond donors (Lipinski definition) is 2. The number of pyridine rings is 1. The highest BCUT2D eigenvalue weighted by molar-refractivity contribution is 9.10. The van der Waals surface area contributed by atoms with E-state index in [4.69, 9.17) is 0 Å². The number of aromatic nitrogens is 3. The van der Waals surface area contributed by atoms with Crippen LogP contribution in [0, 0.1) is 0 Å². The van der Waals surface area contributed by atoms with Gasteiger partial charge in [-0.2, -0.15) is 4.52 Å². The maximum atomic E-state index is 9.51. The van der Waals surface area contributed by atoms with Crippen molar-refractivity contribution in [3.05, 3.63) is 22.9 Å². The number of fused-ring (bicyclic) bond motifs is 1. The Morgan fingerprint density at radius 3 is 2.83 bits per heavy atom. The largest absolute Gasteiger partial charge is 0.393 e. The van der Waals surface area contributed by atoms with Crippen LogP contribution in [0.2, 0.25) is 0 Å². The first-order chi connectivity index (χ1) is 8.72. The van der Waals surface area contributed by atoms with Crippen molar-refractivity contribution in [1.82, 2.24) is 14.6 Å². The number of rotatable bonds is 2. The van der Waals surface area contributed by atoms with Crippen LogP contribution in [0.1, 0.15) is 25.7 Å². The average Bonchev–Trinajstić information content (AvgIpc) is 2.73. The van der Waals surface area contributed by atoms with E-state index in [2.05, 4.69) is 31.3 Å². The van der Waals surface area contributed by atoms with Crippen molar-refractivity contribution in [1.29, 1.82) is 0 Å². The Kier molecular flexibility index (Phi) is 3.22. The second-order valence-electron chi connectivity index (χ2n) is 4.71. The van der Waals surface area contributed by atoms with Crippen molar-refractivity contribution in [3.63, 3.8) is 0 Å². The monoisotopic (exact) mass is 310 g/mol. The van der Waals surface area contributed by atoms with Crippen LogP contribution in [-0.4, -0.2) is 31.9 Å². The molecule has 1 aliphatic rings. The third-order valence-electron chi connectivity index (χ3n) is 3.38. The van der Waals surface area contributed by atoms with Gasteiger partial charge in [0.15, 0.2) is 5.65 Å². The number of halogens is 1. The quantitative estimate of drug-likeness (QED) is 0.892. The molecule has 0 spiro atoms. The fraction of sp³-hybridized carbons (Fsp3) is 0.500. The number of hydrogen-bond acceptors (Lipinski definition) is 4. The van der Waals surface area contributed by atoms with Crippen LogP contribution in [0.15, 0.2) is 22.9 Å². The predicted octanol–water partition coefficient (Wildman–Crippen LogP) is 2.21. The fourth-order valence-corrected chi connectivity index (χ4v) is 2.76. The van der Waals surface area contributed by atoms with Gasteiger partial charge in [-0.05, 0) is 53.7 Å². The van der Waals surface area contributed by atoms with Gasteiger partial charge in [-0.25, -0.2) is 4.98 Å². The highest BCUT2D eigenvalue weighted by atomic mass is 79.9. The highest BCUT2D eigenvalue weighted by Gasteiger charge is 2.19. The number of nitrogens with zero attached hydrogens (tertiary/aromatic N) is 3. The minimum Gasteiger partial charge on any atom is -0.393 e. The summed E-state index contributed by atoms with van der Waals surface area (Å²) in [5, 5.41) is 17.3. The molecular weight excluding hydrogens is 296 g/mol. The zero-order valence-corrected chi connectivity index (χ0v) is 11.5. The molecule has 0 bridgehead atoms. The van der Waals surface area contributed by atoms with E-state index in [-0.39, 0.29) is 6.10 Å². The first-order valence-electron chi connectivity index (χ1n) is 6.18. The summed E-state index contributed by atoms with van der Waals surface area (Å²) < 4.78 is 2.39. The van der Waals surface area contributed by atoms with Gasteiger partial charge in [0.1, 0.15) is 5.82 Å². The van der Waals surface area contributed by atoms with E-state index in [0.29, 0.717) is 10.8 Å². The zero-order valence-electron chi connectivity index (χ0n) is 9.88. The standard InChI is InChI=1S/C12H15BrN4O/c13-12-15-11-3-1-2-10(17(11)16-12)14-8-4-6-9(18)7-5-8/h1-3,8-9,14,18H,4-7H2/t8-,9+. The van der Waals surface area contributed by atoms with E-state index < -0.39 is 0 Å². The van der Waals surface area contributed by atoms with Crippen molar-refractivity contribution in [2.24, 2.45) is 0 Å². The molecule has 2 aromatic heterocycles. The molecule has 18 heavy (non-hydrogen) atoms.